The Kier molecular flexibility index (Phi) is 4.73. The van der Waals surface area contributed by atoms with Crippen LogP contribution >= 0.6 is 24.0 Å². The minimum absolute atomic E-state index is 0. The van der Waals surface area contributed by atoms with Gasteiger partial charge in [-0.2, -0.15) is 0 Å². The molecule has 1 unspecified atom stereocenters. The van der Waals surface area contributed by atoms with Crippen LogP contribution in [0.4, 0.5) is 0 Å². The molecule has 0 aliphatic carbocycles. The molecular weight excluding hydrogens is 361 g/mol. The normalized spacial score (nSPS) is 20.2. The van der Waals surface area contributed by atoms with Crippen LogP contribution in [0.5, 0.6) is 0 Å². The number of nitrogens with zero attached hydrogens (tertiary/aromatic N) is 2. The van der Waals surface area contributed by atoms with E-state index in [4.69, 9.17) is 26.5 Å². The number of rotatable bonds is 2. The van der Waals surface area contributed by atoms with E-state index >= 15 is 0 Å². The molecule has 3 aromatic rings. The van der Waals surface area contributed by atoms with Crippen LogP contribution in [0.25, 0.3) is 22.6 Å². The van der Waals surface area contributed by atoms with Gasteiger partial charge in [0.15, 0.2) is 5.58 Å². The van der Waals surface area contributed by atoms with Crippen LogP contribution in [0.15, 0.2) is 51.9 Å². The number of benzene rings is 2. The van der Waals surface area contributed by atoms with Crippen LogP contribution in [-0.4, -0.2) is 24.0 Å². The Labute approximate surface area is 156 Å². The number of hydrogen-bond acceptors (Lipinski definition) is 5. The first-order valence-electron chi connectivity index (χ1n) is 7.62. The predicted octanol–water partition coefficient (Wildman–Crippen LogP) is 4.17. The monoisotopic (exact) mass is 377 g/mol. The highest BCUT2D eigenvalue weighted by atomic mass is 35.5. The van der Waals surface area contributed by atoms with Crippen LogP contribution in [0.3, 0.4) is 0 Å². The molecule has 1 aliphatic rings. The average Bonchev–Trinajstić information content (AvgIpc) is 2.98. The number of amidine groups is 1. The summed E-state index contributed by atoms with van der Waals surface area (Å²) in [6.07, 6.45) is 0. The van der Waals surface area contributed by atoms with E-state index in [0.29, 0.717) is 35.5 Å². The van der Waals surface area contributed by atoms with Crippen molar-refractivity contribution in [2.45, 2.75) is 12.5 Å². The number of hydrogen-bond donors (Lipinski definition) is 1. The zero-order valence-electron chi connectivity index (χ0n) is 13.5. The molecule has 1 aliphatic heterocycles. The zero-order chi connectivity index (χ0) is 16.7. The van der Waals surface area contributed by atoms with E-state index in [1.54, 1.807) is 12.1 Å². The molecule has 25 heavy (non-hydrogen) atoms. The smallest absolute Gasteiger partial charge is 0.227 e. The molecule has 2 aromatic carbocycles. The highest BCUT2D eigenvalue weighted by Gasteiger charge is 2.30. The van der Waals surface area contributed by atoms with Gasteiger partial charge in [0.1, 0.15) is 23.5 Å². The van der Waals surface area contributed by atoms with E-state index in [0.717, 1.165) is 16.6 Å². The summed E-state index contributed by atoms with van der Waals surface area (Å²) in [6, 6.07) is 13.3. The summed E-state index contributed by atoms with van der Waals surface area (Å²) in [5, 5.41) is 0.632. The van der Waals surface area contributed by atoms with E-state index in [-0.39, 0.29) is 12.4 Å². The van der Waals surface area contributed by atoms with Crippen molar-refractivity contribution in [2.75, 3.05) is 13.2 Å². The Morgan fingerprint density at radius 1 is 1.20 bits per heavy atom. The number of nitrogens with two attached hydrogens (primary N) is 1. The Morgan fingerprint density at radius 3 is 2.84 bits per heavy atom. The summed E-state index contributed by atoms with van der Waals surface area (Å²) < 4.78 is 11.4. The minimum atomic E-state index is -0.506. The van der Waals surface area contributed by atoms with Crippen LogP contribution in [-0.2, 0) is 10.3 Å². The molecule has 0 bridgehead atoms. The molecule has 0 spiro atoms. The van der Waals surface area contributed by atoms with Crippen molar-refractivity contribution in [3.8, 4) is 11.5 Å². The molecule has 130 valence electrons. The second-order valence-corrected chi connectivity index (χ2v) is 6.52. The largest absolute Gasteiger partial charge is 0.436 e. The van der Waals surface area contributed by atoms with Crippen molar-refractivity contribution in [2.24, 2.45) is 10.7 Å². The van der Waals surface area contributed by atoms with E-state index in [2.05, 4.69) is 9.98 Å². The predicted molar refractivity (Wildman–Crippen MR) is 101 cm³/mol. The van der Waals surface area contributed by atoms with Gasteiger partial charge >= 0.3 is 0 Å². The van der Waals surface area contributed by atoms with Gasteiger partial charge in [-0.3, -0.25) is 4.99 Å². The average molecular weight is 378 g/mol. The van der Waals surface area contributed by atoms with Crippen molar-refractivity contribution < 1.29 is 9.15 Å². The molecule has 0 saturated heterocycles. The maximum atomic E-state index is 6.01. The van der Waals surface area contributed by atoms with Gasteiger partial charge in [0, 0.05) is 10.6 Å². The van der Waals surface area contributed by atoms with Gasteiger partial charge in [-0.25, -0.2) is 4.98 Å². The van der Waals surface area contributed by atoms with E-state index in [1.807, 2.05) is 37.3 Å². The number of ether oxygens (including phenoxy) is 1. The first kappa shape index (κ1) is 17.7. The summed E-state index contributed by atoms with van der Waals surface area (Å²) in [6.45, 7) is 2.87. The van der Waals surface area contributed by atoms with Gasteiger partial charge in [0.25, 0.3) is 0 Å². The highest BCUT2D eigenvalue weighted by Crippen LogP contribution is 2.32. The summed E-state index contributed by atoms with van der Waals surface area (Å²) >= 11 is 6.01. The summed E-state index contributed by atoms with van der Waals surface area (Å²) in [4.78, 5) is 9.10. The third-order valence-corrected chi connectivity index (χ3v) is 4.34. The lowest BCUT2D eigenvalue weighted by atomic mass is 9.91. The number of aromatic nitrogens is 1. The number of halogens is 2. The fourth-order valence-electron chi connectivity index (χ4n) is 2.90. The van der Waals surface area contributed by atoms with Gasteiger partial charge < -0.3 is 14.9 Å². The topological polar surface area (TPSA) is 73.6 Å². The van der Waals surface area contributed by atoms with E-state index in [1.165, 1.54) is 0 Å². The van der Waals surface area contributed by atoms with Crippen molar-refractivity contribution in [1.29, 1.82) is 0 Å². The summed E-state index contributed by atoms with van der Waals surface area (Å²) in [5.74, 6) is 1.05. The lowest BCUT2D eigenvalue weighted by Gasteiger charge is -2.30. The molecule has 0 amide bonds. The molecule has 2 N–H and O–H groups in total. The molecule has 5 nitrogen and oxygen atoms in total. The molecule has 0 saturated carbocycles. The third kappa shape index (κ3) is 3.35. The zero-order valence-corrected chi connectivity index (χ0v) is 15.1. The second kappa shape index (κ2) is 6.67. The summed E-state index contributed by atoms with van der Waals surface area (Å²) in [5.41, 5.74) is 8.65. The third-order valence-electron chi connectivity index (χ3n) is 4.10. The number of aliphatic imine (C=N–C) groups is 1. The van der Waals surface area contributed by atoms with Crippen molar-refractivity contribution in [3.63, 3.8) is 0 Å². The Balaban J connectivity index is 0.00000182. The Hall–Kier alpha value is -2.08. The fourth-order valence-corrected chi connectivity index (χ4v) is 3.06. The van der Waals surface area contributed by atoms with Crippen LogP contribution < -0.4 is 5.73 Å². The SMILES string of the molecule is CC1(c2cccc(-c3nc4cc(Cl)ccc4o3)c2)COCC(N)=N1.Cl. The Bertz CT molecular complexity index is 954. The maximum absolute atomic E-state index is 6.01. The number of oxazole rings is 1. The van der Waals surface area contributed by atoms with Gasteiger partial charge in [-0.15, -0.1) is 12.4 Å². The molecular formula is C18H17Cl2N3O2. The second-order valence-electron chi connectivity index (χ2n) is 6.08. The van der Waals surface area contributed by atoms with Crippen molar-refractivity contribution in [3.05, 3.63) is 53.1 Å². The van der Waals surface area contributed by atoms with Crippen LogP contribution in [0, 0.1) is 0 Å². The van der Waals surface area contributed by atoms with E-state index in [9.17, 15) is 0 Å². The fraction of sp³-hybridized carbons (Fsp3) is 0.222. The van der Waals surface area contributed by atoms with Crippen molar-refractivity contribution in [1.82, 2.24) is 4.98 Å². The van der Waals surface area contributed by atoms with Crippen LogP contribution in [0.1, 0.15) is 12.5 Å². The molecule has 1 atom stereocenters. The van der Waals surface area contributed by atoms with Gasteiger partial charge in [-0.1, -0.05) is 23.7 Å². The molecule has 7 heteroatoms. The molecule has 4 rings (SSSR count). The highest BCUT2D eigenvalue weighted by molar-refractivity contribution is 6.31. The maximum Gasteiger partial charge on any atom is 0.227 e. The lowest BCUT2D eigenvalue weighted by molar-refractivity contribution is 0.106. The molecule has 0 radical (unpaired) electrons. The first-order valence-corrected chi connectivity index (χ1v) is 8.00. The van der Waals surface area contributed by atoms with Crippen LogP contribution in [0.2, 0.25) is 5.02 Å². The van der Waals surface area contributed by atoms with Gasteiger partial charge in [0.2, 0.25) is 5.89 Å². The van der Waals surface area contributed by atoms with Gasteiger partial charge in [0.05, 0.1) is 6.61 Å². The molecule has 2 heterocycles. The quantitative estimate of drug-likeness (QED) is 0.726. The summed E-state index contributed by atoms with van der Waals surface area (Å²) in [7, 11) is 0. The first-order chi connectivity index (χ1) is 11.5. The standard InChI is InChI=1S/C18H16ClN3O2.ClH/c1-18(10-23-9-16(20)22-18)12-4-2-3-11(7-12)17-21-14-8-13(19)5-6-15(14)24-17;/h2-8H,9-10H2,1H3,(H2,20,22);1H. The molecule has 0 fully saturated rings. The van der Waals surface area contributed by atoms with Gasteiger partial charge in [-0.05, 0) is 42.8 Å². The Morgan fingerprint density at radius 2 is 2.04 bits per heavy atom. The minimum Gasteiger partial charge on any atom is -0.436 e. The number of fused-ring (bicyclic) bond motifs is 1. The van der Waals surface area contributed by atoms with Crippen molar-refractivity contribution >= 4 is 40.9 Å². The molecule has 1 aromatic heterocycles. The lowest BCUT2D eigenvalue weighted by Crippen LogP contribution is -2.37. The van der Waals surface area contributed by atoms with E-state index < -0.39 is 5.54 Å².